The van der Waals surface area contributed by atoms with Gasteiger partial charge in [-0.05, 0) is 33.7 Å². The molecule has 0 unspecified atom stereocenters. The molecule has 33 heavy (non-hydrogen) atoms. The number of thiophene rings is 1. The molecule has 0 saturated heterocycles. The summed E-state index contributed by atoms with van der Waals surface area (Å²) in [4.78, 5) is 0. The number of aryl methyl sites for hydroxylation is 1. The zero-order valence-corrected chi connectivity index (χ0v) is 20.3. The summed E-state index contributed by atoms with van der Waals surface area (Å²) in [6.45, 7) is 2.21. The molecule has 1 aromatic heterocycles. The molecule has 0 nitrogen and oxygen atoms in total. The van der Waals surface area contributed by atoms with Crippen LogP contribution in [0.2, 0.25) is 0 Å². The highest BCUT2D eigenvalue weighted by atomic mass is 32.1. The van der Waals surface area contributed by atoms with Gasteiger partial charge < -0.3 is 0 Å². The zero-order valence-electron chi connectivity index (χ0n) is 18.5. The molecule has 1 heterocycles. The topological polar surface area (TPSA) is 0 Å². The predicted octanol–water partition coefficient (Wildman–Crippen LogP) is 5.74. The minimum Gasteiger partial charge on any atom is -0.135 e. The summed E-state index contributed by atoms with van der Waals surface area (Å²) in [5, 5.41) is 8.48. The predicted molar refractivity (Wildman–Crippen MR) is 148 cm³/mol. The standard InChI is InChI=1S/C31H24SSi/c1-23-12-10-17-26(22-23)33(24-13-4-2-5-14-24,25-15-6-3-7-16-25)30-21-11-19-28-27-18-8-9-20-29(27)32-31(28)30/h2-22H,1H3. The third-order valence-electron chi connectivity index (χ3n) is 6.67. The Labute approximate surface area is 199 Å². The van der Waals surface area contributed by atoms with Gasteiger partial charge in [-0.2, -0.15) is 0 Å². The highest BCUT2D eigenvalue weighted by Crippen LogP contribution is 2.33. The van der Waals surface area contributed by atoms with Crippen molar-refractivity contribution in [3.63, 3.8) is 0 Å². The maximum atomic E-state index is 2.42. The Morgan fingerprint density at radius 1 is 0.515 bits per heavy atom. The number of benzene rings is 5. The van der Waals surface area contributed by atoms with Crippen molar-refractivity contribution in [3.05, 3.63) is 133 Å². The monoisotopic (exact) mass is 456 g/mol. The molecule has 6 aromatic rings. The molecular formula is C31H24SSi. The van der Waals surface area contributed by atoms with Crippen LogP contribution in [0, 0.1) is 6.92 Å². The molecule has 0 radical (unpaired) electrons. The molecule has 0 aliphatic rings. The highest BCUT2D eigenvalue weighted by Gasteiger charge is 2.42. The Morgan fingerprint density at radius 3 is 1.79 bits per heavy atom. The van der Waals surface area contributed by atoms with E-state index in [9.17, 15) is 0 Å². The van der Waals surface area contributed by atoms with E-state index in [1.165, 1.54) is 46.5 Å². The second kappa shape index (κ2) is 8.15. The largest absolute Gasteiger partial charge is 0.181 e. The number of hydrogen-bond donors (Lipinski definition) is 0. The van der Waals surface area contributed by atoms with Crippen LogP contribution in [0.5, 0.6) is 0 Å². The first-order valence-corrected chi connectivity index (χ1v) is 14.2. The fraction of sp³-hybridized carbons (Fsp3) is 0.0323. The summed E-state index contributed by atoms with van der Waals surface area (Å²) in [6, 6.07) is 47.4. The molecule has 0 bridgehead atoms. The van der Waals surface area contributed by atoms with Crippen molar-refractivity contribution in [2.24, 2.45) is 0 Å². The first-order chi connectivity index (χ1) is 16.3. The first-order valence-electron chi connectivity index (χ1n) is 11.4. The van der Waals surface area contributed by atoms with Gasteiger partial charge in [0.1, 0.15) is 0 Å². The van der Waals surface area contributed by atoms with E-state index in [0.29, 0.717) is 0 Å². The maximum Gasteiger partial charge on any atom is 0.181 e. The Bertz CT molecular complexity index is 1530. The molecule has 0 fully saturated rings. The Morgan fingerprint density at radius 2 is 1.09 bits per heavy atom. The second-order valence-electron chi connectivity index (χ2n) is 8.63. The van der Waals surface area contributed by atoms with Gasteiger partial charge in [0.05, 0.1) is 0 Å². The fourth-order valence-corrected chi connectivity index (χ4v) is 11.9. The summed E-state index contributed by atoms with van der Waals surface area (Å²) in [5.41, 5.74) is 1.31. The molecule has 5 aromatic carbocycles. The quantitative estimate of drug-likeness (QED) is 0.234. The van der Waals surface area contributed by atoms with Crippen LogP contribution in [-0.4, -0.2) is 8.07 Å². The van der Waals surface area contributed by atoms with Gasteiger partial charge in [0.2, 0.25) is 0 Å². The summed E-state index contributed by atoms with van der Waals surface area (Å²) < 4.78 is 2.77. The molecule has 6 rings (SSSR count). The molecule has 158 valence electrons. The molecule has 0 N–H and O–H groups in total. The van der Waals surface area contributed by atoms with Gasteiger partial charge in [-0.25, -0.2) is 0 Å². The molecule has 0 saturated carbocycles. The first kappa shape index (κ1) is 20.2. The van der Waals surface area contributed by atoms with Crippen LogP contribution in [-0.2, 0) is 0 Å². The van der Waals surface area contributed by atoms with Crippen LogP contribution in [0.4, 0.5) is 0 Å². The van der Waals surface area contributed by atoms with Crippen LogP contribution in [0.15, 0.2) is 127 Å². The van der Waals surface area contributed by atoms with E-state index in [0.717, 1.165) is 0 Å². The van der Waals surface area contributed by atoms with Crippen molar-refractivity contribution >= 4 is 60.3 Å². The number of fused-ring (bicyclic) bond motifs is 3. The van der Waals surface area contributed by atoms with Gasteiger partial charge in [0.25, 0.3) is 0 Å². The molecule has 0 aliphatic heterocycles. The van der Waals surface area contributed by atoms with Crippen molar-refractivity contribution in [1.29, 1.82) is 0 Å². The lowest BCUT2D eigenvalue weighted by atomic mass is 10.1. The van der Waals surface area contributed by atoms with E-state index in [4.69, 9.17) is 0 Å². The SMILES string of the molecule is Cc1cccc([Si](c2ccccc2)(c2ccccc2)c2cccc3c2sc2ccccc23)c1. The lowest BCUT2D eigenvalue weighted by molar-refractivity contribution is 1.49. The van der Waals surface area contributed by atoms with Gasteiger partial charge >= 0.3 is 0 Å². The minimum absolute atomic E-state index is 1.31. The minimum atomic E-state index is -2.55. The van der Waals surface area contributed by atoms with Crippen LogP contribution in [0.25, 0.3) is 20.2 Å². The maximum absolute atomic E-state index is 2.55. The third kappa shape index (κ3) is 3.18. The van der Waals surface area contributed by atoms with Crippen LogP contribution in [0.1, 0.15) is 5.56 Å². The van der Waals surface area contributed by atoms with E-state index in [-0.39, 0.29) is 0 Å². The van der Waals surface area contributed by atoms with Crippen molar-refractivity contribution < 1.29 is 0 Å². The Hall–Kier alpha value is -3.46. The molecule has 0 amide bonds. The lowest BCUT2D eigenvalue weighted by Gasteiger charge is -2.35. The average molecular weight is 457 g/mol. The van der Waals surface area contributed by atoms with Crippen LogP contribution < -0.4 is 20.7 Å². The molecule has 0 atom stereocenters. The Kier molecular flexibility index (Phi) is 4.98. The van der Waals surface area contributed by atoms with Crippen molar-refractivity contribution in [1.82, 2.24) is 0 Å². The number of rotatable bonds is 4. The van der Waals surface area contributed by atoms with E-state index < -0.39 is 8.07 Å². The van der Waals surface area contributed by atoms with Gasteiger partial charge in [0.15, 0.2) is 8.07 Å². The summed E-state index contributed by atoms with van der Waals surface area (Å²) >= 11 is 1.94. The zero-order chi connectivity index (χ0) is 22.3. The van der Waals surface area contributed by atoms with Crippen molar-refractivity contribution in [2.45, 2.75) is 6.92 Å². The molecule has 0 aliphatic carbocycles. The molecular weight excluding hydrogens is 432 g/mol. The second-order valence-corrected chi connectivity index (χ2v) is 13.5. The van der Waals surface area contributed by atoms with Crippen LogP contribution >= 0.6 is 11.3 Å². The molecule has 0 spiro atoms. The molecule has 2 heteroatoms. The van der Waals surface area contributed by atoms with E-state index >= 15 is 0 Å². The average Bonchev–Trinajstić information content (AvgIpc) is 3.26. The van der Waals surface area contributed by atoms with Gasteiger partial charge in [-0.3, -0.25) is 0 Å². The number of hydrogen-bond acceptors (Lipinski definition) is 1. The lowest BCUT2D eigenvalue weighted by Crippen LogP contribution is -2.74. The van der Waals surface area contributed by atoms with Gasteiger partial charge in [-0.15, -0.1) is 11.3 Å². The van der Waals surface area contributed by atoms with E-state index in [2.05, 4.69) is 134 Å². The van der Waals surface area contributed by atoms with Crippen molar-refractivity contribution in [2.75, 3.05) is 0 Å². The highest BCUT2D eigenvalue weighted by molar-refractivity contribution is 7.30. The van der Waals surface area contributed by atoms with Gasteiger partial charge in [0, 0.05) is 20.2 Å². The van der Waals surface area contributed by atoms with Gasteiger partial charge in [-0.1, -0.05) is 127 Å². The third-order valence-corrected chi connectivity index (χ3v) is 12.9. The summed E-state index contributed by atoms with van der Waals surface area (Å²) in [7, 11) is -2.55. The smallest absolute Gasteiger partial charge is 0.135 e. The van der Waals surface area contributed by atoms with E-state index in [1.807, 2.05) is 11.3 Å². The van der Waals surface area contributed by atoms with E-state index in [1.54, 1.807) is 0 Å². The fourth-order valence-electron chi connectivity index (χ4n) is 5.26. The summed E-state index contributed by atoms with van der Waals surface area (Å²) in [5.74, 6) is 0. The van der Waals surface area contributed by atoms with Crippen molar-refractivity contribution in [3.8, 4) is 0 Å². The van der Waals surface area contributed by atoms with Crippen LogP contribution in [0.3, 0.4) is 0 Å². The Balaban J connectivity index is 1.83. The summed E-state index contributed by atoms with van der Waals surface area (Å²) in [6.07, 6.45) is 0. The normalized spacial score (nSPS) is 11.8.